The second-order valence-corrected chi connectivity index (χ2v) is 3.34. The number of carbonyl (C=O) groups excluding carboxylic acids is 1. The number of carbonyl (C=O) groups is 1. The van der Waals surface area contributed by atoms with Crippen LogP contribution >= 0.6 is 0 Å². The van der Waals surface area contributed by atoms with Crippen LogP contribution in [0, 0.1) is 0 Å². The SMILES string of the molecule is CNC(=O)c1cc(NCCOCCN)ccn1. The molecular formula is C11H18N4O2. The van der Waals surface area contributed by atoms with Gasteiger partial charge in [0.25, 0.3) is 5.91 Å². The minimum absolute atomic E-state index is 0.201. The lowest BCUT2D eigenvalue weighted by molar-refractivity contribution is 0.0958. The van der Waals surface area contributed by atoms with E-state index in [2.05, 4.69) is 15.6 Å². The van der Waals surface area contributed by atoms with Crippen molar-refractivity contribution in [3.05, 3.63) is 24.0 Å². The van der Waals surface area contributed by atoms with Gasteiger partial charge in [-0.05, 0) is 12.1 Å². The number of pyridine rings is 1. The summed E-state index contributed by atoms with van der Waals surface area (Å²) in [5, 5.41) is 5.66. The Morgan fingerprint density at radius 1 is 1.53 bits per heavy atom. The molecule has 4 N–H and O–H groups in total. The van der Waals surface area contributed by atoms with Crippen LogP contribution in [0.1, 0.15) is 10.5 Å². The lowest BCUT2D eigenvalue weighted by Crippen LogP contribution is -2.19. The second kappa shape index (κ2) is 7.59. The van der Waals surface area contributed by atoms with Crippen LogP contribution in [0.4, 0.5) is 5.69 Å². The molecule has 0 bridgehead atoms. The number of nitrogens with one attached hydrogen (secondary N) is 2. The van der Waals surface area contributed by atoms with Crippen molar-refractivity contribution in [2.24, 2.45) is 5.73 Å². The molecule has 0 aliphatic carbocycles. The first-order valence-electron chi connectivity index (χ1n) is 5.47. The fourth-order valence-electron chi connectivity index (χ4n) is 1.25. The summed E-state index contributed by atoms with van der Waals surface area (Å²) in [4.78, 5) is 15.3. The number of nitrogens with two attached hydrogens (primary N) is 1. The van der Waals surface area contributed by atoms with E-state index >= 15 is 0 Å². The summed E-state index contributed by atoms with van der Waals surface area (Å²) in [5.41, 5.74) is 6.52. The molecule has 0 fully saturated rings. The summed E-state index contributed by atoms with van der Waals surface area (Å²) >= 11 is 0. The van der Waals surface area contributed by atoms with Gasteiger partial charge in [-0.15, -0.1) is 0 Å². The van der Waals surface area contributed by atoms with E-state index in [1.807, 2.05) is 0 Å². The highest BCUT2D eigenvalue weighted by Crippen LogP contribution is 2.07. The summed E-state index contributed by atoms with van der Waals surface area (Å²) in [7, 11) is 1.57. The predicted octanol–water partition coefficient (Wildman–Crippen LogP) is -0.172. The predicted molar refractivity (Wildman–Crippen MR) is 66.0 cm³/mol. The first kappa shape index (κ1) is 13.4. The standard InChI is InChI=1S/C11H18N4O2/c1-13-11(16)10-8-9(2-4-15-10)14-5-7-17-6-3-12/h2,4,8H,3,5-7,12H2,1H3,(H,13,16)(H,14,15). The molecule has 0 aliphatic rings. The minimum Gasteiger partial charge on any atom is -0.383 e. The smallest absolute Gasteiger partial charge is 0.269 e. The number of hydrogen-bond donors (Lipinski definition) is 3. The Morgan fingerprint density at radius 3 is 3.06 bits per heavy atom. The van der Waals surface area contributed by atoms with Crippen LogP contribution in [0.25, 0.3) is 0 Å². The number of anilines is 1. The fourth-order valence-corrected chi connectivity index (χ4v) is 1.25. The van der Waals surface area contributed by atoms with Crippen LogP contribution < -0.4 is 16.4 Å². The molecule has 1 heterocycles. The van der Waals surface area contributed by atoms with Gasteiger partial charge in [0.15, 0.2) is 0 Å². The van der Waals surface area contributed by atoms with Crippen molar-refractivity contribution >= 4 is 11.6 Å². The van der Waals surface area contributed by atoms with E-state index in [0.717, 1.165) is 5.69 Å². The number of hydrogen-bond acceptors (Lipinski definition) is 5. The molecule has 94 valence electrons. The van der Waals surface area contributed by atoms with Crippen LogP contribution in [0.15, 0.2) is 18.3 Å². The molecule has 0 aliphatic heterocycles. The topological polar surface area (TPSA) is 89.3 Å². The van der Waals surface area contributed by atoms with Crippen molar-refractivity contribution in [3.8, 4) is 0 Å². The van der Waals surface area contributed by atoms with Crippen LogP contribution in [-0.4, -0.2) is 44.2 Å². The normalized spacial score (nSPS) is 10.0. The number of ether oxygens (including phenoxy) is 1. The third-order valence-corrected chi connectivity index (χ3v) is 2.06. The van der Waals surface area contributed by atoms with Crippen molar-refractivity contribution in [1.82, 2.24) is 10.3 Å². The van der Waals surface area contributed by atoms with Gasteiger partial charge in [-0.3, -0.25) is 9.78 Å². The Kier molecular flexibility index (Phi) is 5.98. The lowest BCUT2D eigenvalue weighted by atomic mass is 10.3. The fraction of sp³-hybridized carbons (Fsp3) is 0.455. The third kappa shape index (κ3) is 4.80. The van der Waals surface area contributed by atoms with Gasteiger partial charge in [0.1, 0.15) is 5.69 Å². The van der Waals surface area contributed by atoms with Gasteiger partial charge in [-0.2, -0.15) is 0 Å². The molecule has 0 unspecified atom stereocenters. The molecule has 1 aromatic rings. The molecule has 0 aromatic carbocycles. The second-order valence-electron chi connectivity index (χ2n) is 3.34. The average molecular weight is 238 g/mol. The van der Waals surface area contributed by atoms with Crippen molar-refractivity contribution in [3.63, 3.8) is 0 Å². The van der Waals surface area contributed by atoms with Crippen LogP contribution in [-0.2, 0) is 4.74 Å². The summed E-state index contributed by atoms with van der Waals surface area (Å²) < 4.78 is 5.22. The van der Waals surface area contributed by atoms with Crippen molar-refractivity contribution < 1.29 is 9.53 Å². The van der Waals surface area contributed by atoms with Gasteiger partial charge in [-0.1, -0.05) is 0 Å². The molecule has 0 spiro atoms. The molecule has 6 heteroatoms. The molecule has 0 atom stereocenters. The molecule has 1 rings (SSSR count). The molecule has 1 aromatic heterocycles. The van der Waals surface area contributed by atoms with Crippen molar-refractivity contribution in [2.45, 2.75) is 0 Å². The van der Waals surface area contributed by atoms with E-state index in [-0.39, 0.29) is 5.91 Å². The number of rotatable bonds is 7. The molecule has 17 heavy (non-hydrogen) atoms. The van der Waals surface area contributed by atoms with E-state index in [1.54, 1.807) is 25.4 Å². The molecule has 0 saturated heterocycles. The Labute approximate surface area is 101 Å². The highest BCUT2D eigenvalue weighted by molar-refractivity contribution is 5.92. The number of aromatic nitrogens is 1. The molecule has 0 saturated carbocycles. The Hall–Kier alpha value is -1.66. The highest BCUT2D eigenvalue weighted by atomic mass is 16.5. The van der Waals surface area contributed by atoms with Gasteiger partial charge < -0.3 is 21.1 Å². The maximum Gasteiger partial charge on any atom is 0.269 e. The van der Waals surface area contributed by atoms with E-state index < -0.39 is 0 Å². The highest BCUT2D eigenvalue weighted by Gasteiger charge is 2.04. The lowest BCUT2D eigenvalue weighted by Gasteiger charge is -2.07. The van der Waals surface area contributed by atoms with Crippen molar-refractivity contribution in [2.75, 3.05) is 38.7 Å². The Morgan fingerprint density at radius 2 is 2.35 bits per heavy atom. The average Bonchev–Trinajstić information content (AvgIpc) is 2.38. The first-order chi connectivity index (χ1) is 8.27. The summed E-state index contributed by atoms with van der Waals surface area (Å²) in [5.74, 6) is -0.201. The van der Waals surface area contributed by atoms with E-state index in [0.29, 0.717) is 32.0 Å². The number of amides is 1. The molecule has 0 radical (unpaired) electrons. The largest absolute Gasteiger partial charge is 0.383 e. The zero-order valence-electron chi connectivity index (χ0n) is 9.90. The van der Waals surface area contributed by atoms with Gasteiger partial charge in [-0.25, -0.2) is 0 Å². The zero-order chi connectivity index (χ0) is 12.5. The van der Waals surface area contributed by atoms with E-state index in [1.165, 1.54) is 0 Å². The Bertz CT molecular complexity index is 357. The van der Waals surface area contributed by atoms with Gasteiger partial charge in [0, 0.05) is 32.0 Å². The Balaban J connectivity index is 2.40. The van der Waals surface area contributed by atoms with Gasteiger partial charge in [0.2, 0.25) is 0 Å². The maximum atomic E-state index is 11.3. The van der Waals surface area contributed by atoms with Crippen LogP contribution in [0.3, 0.4) is 0 Å². The molecular weight excluding hydrogens is 220 g/mol. The monoisotopic (exact) mass is 238 g/mol. The van der Waals surface area contributed by atoms with E-state index in [9.17, 15) is 4.79 Å². The minimum atomic E-state index is -0.201. The summed E-state index contributed by atoms with van der Waals surface area (Å²) in [6.07, 6.45) is 1.59. The third-order valence-electron chi connectivity index (χ3n) is 2.06. The maximum absolute atomic E-state index is 11.3. The van der Waals surface area contributed by atoms with Gasteiger partial charge >= 0.3 is 0 Å². The number of nitrogens with zero attached hydrogens (tertiary/aromatic N) is 1. The summed E-state index contributed by atoms with van der Waals surface area (Å²) in [6, 6.07) is 3.50. The van der Waals surface area contributed by atoms with Crippen LogP contribution in [0.2, 0.25) is 0 Å². The quantitative estimate of drug-likeness (QED) is 0.574. The first-order valence-corrected chi connectivity index (χ1v) is 5.47. The van der Waals surface area contributed by atoms with Crippen molar-refractivity contribution in [1.29, 1.82) is 0 Å². The van der Waals surface area contributed by atoms with E-state index in [4.69, 9.17) is 10.5 Å². The molecule has 6 nitrogen and oxygen atoms in total. The van der Waals surface area contributed by atoms with Crippen LogP contribution in [0.5, 0.6) is 0 Å². The molecule has 1 amide bonds. The van der Waals surface area contributed by atoms with Gasteiger partial charge in [0.05, 0.1) is 13.2 Å². The zero-order valence-corrected chi connectivity index (χ0v) is 9.90. The summed E-state index contributed by atoms with van der Waals surface area (Å²) in [6.45, 7) is 2.32.